The van der Waals surface area contributed by atoms with Crippen LogP contribution in [0.3, 0.4) is 0 Å². The van der Waals surface area contributed by atoms with Gasteiger partial charge in [-0.1, -0.05) is 6.58 Å². The number of carbonyl (C=O) groups is 2. The molecule has 0 aromatic carbocycles. The Bertz CT molecular complexity index is 169. The van der Waals surface area contributed by atoms with Gasteiger partial charge in [0.25, 0.3) is 0 Å². The molecule has 0 spiro atoms. The highest BCUT2D eigenvalue weighted by Gasteiger charge is 1.95. The zero-order valence-corrected chi connectivity index (χ0v) is 6.56. The van der Waals surface area contributed by atoms with Crippen molar-refractivity contribution < 1.29 is 14.3 Å². The van der Waals surface area contributed by atoms with Crippen LogP contribution in [0.4, 0.5) is 4.79 Å². The summed E-state index contributed by atoms with van der Waals surface area (Å²) < 4.78 is 4.51. The first kappa shape index (κ1) is 9.97. The minimum absolute atomic E-state index is 0.101. The van der Waals surface area contributed by atoms with E-state index in [4.69, 9.17) is 11.6 Å². The molecule has 0 aliphatic carbocycles. The molecule has 0 heterocycles. The van der Waals surface area contributed by atoms with Crippen molar-refractivity contribution in [1.82, 2.24) is 5.32 Å². The summed E-state index contributed by atoms with van der Waals surface area (Å²) in [4.78, 5) is 20.4. The average molecular weight is 178 g/mol. The molecule has 1 amide bonds. The molecular formula is C6H8ClNO3. The molecule has 0 atom stereocenters. The van der Waals surface area contributed by atoms with E-state index in [-0.39, 0.29) is 13.2 Å². The van der Waals surface area contributed by atoms with Gasteiger partial charge in [-0.2, -0.15) is 0 Å². The third-order valence-electron chi connectivity index (χ3n) is 0.777. The predicted molar refractivity (Wildman–Crippen MR) is 40.4 cm³/mol. The second-order valence-electron chi connectivity index (χ2n) is 1.57. The lowest BCUT2D eigenvalue weighted by Crippen LogP contribution is -2.22. The van der Waals surface area contributed by atoms with Gasteiger partial charge in [0, 0.05) is 6.08 Å². The standard InChI is InChI=1S/C6H8ClNO3/c1-2-5(9)11-4-3-8-6(7)10/h2H,1,3-4H2,(H,8,10). The zero-order valence-electron chi connectivity index (χ0n) is 5.80. The van der Waals surface area contributed by atoms with Crippen molar-refractivity contribution in [3.05, 3.63) is 12.7 Å². The monoisotopic (exact) mass is 177 g/mol. The summed E-state index contributed by atoms with van der Waals surface area (Å²) in [6.45, 7) is 3.50. The van der Waals surface area contributed by atoms with E-state index in [0.717, 1.165) is 6.08 Å². The zero-order chi connectivity index (χ0) is 8.69. The van der Waals surface area contributed by atoms with Crippen LogP contribution in [-0.4, -0.2) is 24.5 Å². The van der Waals surface area contributed by atoms with Gasteiger partial charge in [-0.3, -0.25) is 4.79 Å². The van der Waals surface area contributed by atoms with Gasteiger partial charge in [-0.15, -0.1) is 0 Å². The van der Waals surface area contributed by atoms with Gasteiger partial charge in [0.15, 0.2) is 0 Å². The maximum absolute atomic E-state index is 10.4. The molecule has 62 valence electrons. The summed E-state index contributed by atoms with van der Waals surface area (Å²) >= 11 is 4.92. The Morgan fingerprint density at radius 2 is 2.27 bits per heavy atom. The Kier molecular flexibility index (Phi) is 5.20. The molecule has 0 radical (unpaired) electrons. The first-order valence-electron chi connectivity index (χ1n) is 2.89. The van der Waals surface area contributed by atoms with E-state index in [0.29, 0.717) is 0 Å². The third-order valence-corrected chi connectivity index (χ3v) is 0.911. The highest BCUT2D eigenvalue weighted by atomic mass is 35.5. The van der Waals surface area contributed by atoms with Crippen LogP contribution in [0.1, 0.15) is 0 Å². The lowest BCUT2D eigenvalue weighted by atomic mass is 10.6. The van der Waals surface area contributed by atoms with E-state index < -0.39 is 11.3 Å². The Morgan fingerprint density at radius 1 is 1.64 bits per heavy atom. The van der Waals surface area contributed by atoms with Crippen molar-refractivity contribution in [1.29, 1.82) is 0 Å². The Labute approximate surface area is 69.2 Å². The quantitative estimate of drug-likeness (QED) is 0.226. The minimum Gasteiger partial charge on any atom is -0.461 e. The molecular weight excluding hydrogens is 170 g/mol. The van der Waals surface area contributed by atoms with Gasteiger partial charge in [0.1, 0.15) is 6.61 Å². The molecule has 11 heavy (non-hydrogen) atoms. The molecule has 0 fully saturated rings. The number of esters is 1. The van der Waals surface area contributed by atoms with Crippen LogP contribution in [0, 0.1) is 0 Å². The number of hydrogen-bond acceptors (Lipinski definition) is 3. The average Bonchev–Trinajstić information content (AvgIpc) is 1.97. The van der Waals surface area contributed by atoms with Crippen molar-refractivity contribution in [2.75, 3.05) is 13.2 Å². The van der Waals surface area contributed by atoms with Gasteiger partial charge in [-0.05, 0) is 11.6 Å². The summed E-state index contributed by atoms with van der Waals surface area (Å²) in [7, 11) is 0. The highest BCUT2D eigenvalue weighted by molar-refractivity contribution is 6.62. The summed E-state index contributed by atoms with van der Waals surface area (Å²) in [5, 5.41) is 1.57. The summed E-state index contributed by atoms with van der Waals surface area (Å²) in [5.41, 5.74) is 0. The van der Waals surface area contributed by atoms with Crippen LogP contribution in [0.25, 0.3) is 0 Å². The molecule has 0 aliphatic heterocycles. The Morgan fingerprint density at radius 3 is 2.73 bits per heavy atom. The maximum Gasteiger partial charge on any atom is 0.330 e. The number of carbonyl (C=O) groups excluding carboxylic acids is 2. The molecule has 0 aromatic heterocycles. The van der Waals surface area contributed by atoms with Crippen LogP contribution < -0.4 is 5.32 Å². The van der Waals surface area contributed by atoms with Crippen LogP contribution in [0.5, 0.6) is 0 Å². The molecule has 5 heteroatoms. The predicted octanol–water partition coefficient (Wildman–Crippen LogP) is 0.664. The molecule has 0 rings (SSSR count). The molecule has 0 saturated carbocycles. The van der Waals surface area contributed by atoms with Crippen molar-refractivity contribution >= 4 is 22.9 Å². The largest absolute Gasteiger partial charge is 0.461 e. The van der Waals surface area contributed by atoms with E-state index in [2.05, 4.69) is 16.6 Å². The van der Waals surface area contributed by atoms with Crippen LogP contribution >= 0.6 is 11.6 Å². The number of ether oxygens (including phenoxy) is 1. The van der Waals surface area contributed by atoms with Gasteiger partial charge in [0.05, 0.1) is 6.54 Å². The molecule has 4 nitrogen and oxygen atoms in total. The smallest absolute Gasteiger partial charge is 0.330 e. The molecule has 0 bridgehead atoms. The molecule has 0 saturated heterocycles. The van der Waals surface area contributed by atoms with Crippen molar-refractivity contribution in [3.63, 3.8) is 0 Å². The fourth-order valence-corrected chi connectivity index (χ4v) is 0.454. The summed E-state index contributed by atoms with van der Waals surface area (Å²) in [6.07, 6.45) is 1.04. The minimum atomic E-state index is -0.667. The Balaban J connectivity index is 3.21. The molecule has 1 N–H and O–H groups in total. The van der Waals surface area contributed by atoms with Crippen LogP contribution in [0.2, 0.25) is 0 Å². The van der Waals surface area contributed by atoms with Crippen LogP contribution in [-0.2, 0) is 9.53 Å². The molecule has 0 aliphatic rings. The Hall–Kier alpha value is -1.03. The topological polar surface area (TPSA) is 55.4 Å². The first-order valence-corrected chi connectivity index (χ1v) is 3.27. The van der Waals surface area contributed by atoms with E-state index in [1.165, 1.54) is 0 Å². The summed E-state index contributed by atoms with van der Waals surface area (Å²) in [5.74, 6) is -0.520. The second-order valence-corrected chi connectivity index (χ2v) is 1.92. The molecule has 0 aromatic rings. The fraction of sp³-hybridized carbons (Fsp3) is 0.333. The number of amides is 1. The maximum atomic E-state index is 10.4. The van der Waals surface area contributed by atoms with E-state index >= 15 is 0 Å². The van der Waals surface area contributed by atoms with Gasteiger partial charge in [0.2, 0.25) is 0 Å². The van der Waals surface area contributed by atoms with Gasteiger partial charge >= 0.3 is 11.3 Å². The SMILES string of the molecule is C=CC(=O)OCCNC(=O)Cl. The normalized spacial score (nSPS) is 8.45. The van der Waals surface area contributed by atoms with Crippen LogP contribution in [0.15, 0.2) is 12.7 Å². The number of halogens is 1. The van der Waals surface area contributed by atoms with Crippen molar-refractivity contribution in [3.8, 4) is 0 Å². The number of nitrogens with one attached hydrogen (secondary N) is 1. The van der Waals surface area contributed by atoms with Gasteiger partial charge < -0.3 is 10.1 Å². The molecule has 0 unspecified atom stereocenters. The van der Waals surface area contributed by atoms with Crippen molar-refractivity contribution in [2.45, 2.75) is 0 Å². The second kappa shape index (κ2) is 5.73. The van der Waals surface area contributed by atoms with Gasteiger partial charge in [-0.25, -0.2) is 4.79 Å². The third kappa shape index (κ3) is 6.86. The van der Waals surface area contributed by atoms with E-state index in [1.807, 2.05) is 0 Å². The van der Waals surface area contributed by atoms with E-state index in [9.17, 15) is 9.59 Å². The number of rotatable bonds is 4. The highest BCUT2D eigenvalue weighted by Crippen LogP contribution is 1.79. The van der Waals surface area contributed by atoms with E-state index in [1.54, 1.807) is 0 Å². The first-order chi connectivity index (χ1) is 5.16. The number of hydrogen-bond donors (Lipinski definition) is 1. The fourth-order valence-electron chi connectivity index (χ4n) is 0.360. The lowest BCUT2D eigenvalue weighted by molar-refractivity contribution is -0.137. The lowest BCUT2D eigenvalue weighted by Gasteiger charge is -2.00. The van der Waals surface area contributed by atoms with Crippen molar-refractivity contribution in [2.24, 2.45) is 0 Å². The summed E-state index contributed by atoms with van der Waals surface area (Å²) in [6, 6.07) is 0.